The monoisotopic (exact) mass is 1140 g/mol. The summed E-state index contributed by atoms with van der Waals surface area (Å²) in [4.78, 5) is 0. The molecule has 0 bridgehead atoms. The SMILES string of the molecule is c1ccc(-n2c3ccccc3c3c2ccc2c4ccccc4n(-c4cccc(-n5c6ccccc6c6ccc(-c7cccc(-n8c9ccccc9c9c%10c%11ccccc%11n(-c%11cccc(-n%12c%13ccccc%13c%13ccccc%13%12)c%11)c%10ccc98)c7)cc65)c4)c23)cc1. The second-order valence-electron chi connectivity index (χ2n) is 24.0. The molecule has 6 nitrogen and oxygen atoms in total. The fraction of sp³-hybridized carbons (Fsp3) is 0. The van der Waals surface area contributed by atoms with Crippen molar-refractivity contribution in [2.24, 2.45) is 0 Å². The highest BCUT2D eigenvalue weighted by atomic mass is 15.0. The average Bonchev–Trinajstić information content (AvgIpc) is 1.71. The van der Waals surface area contributed by atoms with E-state index in [0.717, 1.165) is 50.8 Å². The van der Waals surface area contributed by atoms with E-state index in [1.54, 1.807) is 0 Å². The summed E-state index contributed by atoms with van der Waals surface area (Å²) in [6.07, 6.45) is 0. The zero-order chi connectivity index (χ0) is 58.7. The Labute approximate surface area is 516 Å². The third kappa shape index (κ3) is 6.81. The van der Waals surface area contributed by atoms with Crippen LogP contribution < -0.4 is 0 Å². The predicted octanol–water partition coefficient (Wildman–Crippen LogP) is 21.9. The highest BCUT2D eigenvalue weighted by Crippen LogP contribution is 2.46. The van der Waals surface area contributed by atoms with Crippen molar-refractivity contribution in [2.45, 2.75) is 0 Å². The summed E-state index contributed by atoms with van der Waals surface area (Å²) in [7, 11) is 0. The number of rotatable bonds is 7. The summed E-state index contributed by atoms with van der Waals surface area (Å²) in [6, 6.07) is 117. The van der Waals surface area contributed by atoms with Crippen molar-refractivity contribution in [1.29, 1.82) is 0 Å². The maximum atomic E-state index is 2.51. The van der Waals surface area contributed by atoms with E-state index in [2.05, 4.69) is 343 Å². The lowest BCUT2D eigenvalue weighted by molar-refractivity contribution is 1.13. The molecule has 0 saturated heterocycles. The average molecular weight is 1150 g/mol. The third-order valence-corrected chi connectivity index (χ3v) is 19.3. The zero-order valence-corrected chi connectivity index (χ0v) is 48.7. The van der Waals surface area contributed by atoms with Gasteiger partial charge in [-0.3, -0.25) is 0 Å². The van der Waals surface area contributed by atoms with E-state index in [-0.39, 0.29) is 0 Å². The van der Waals surface area contributed by atoms with Crippen LogP contribution >= 0.6 is 0 Å². The van der Waals surface area contributed by atoms with Gasteiger partial charge < -0.3 is 27.4 Å². The standard InChI is InChI=1S/C84H52N6/c1-2-22-55(23-3-1)85-76-42-17-10-35-69(76)83-79(85)46-45-66-64-32-7-14-39-73(64)90(84(66)83)60-28-20-27-59(52-60)89-72-38-13-6-31-63(72)65-44-43-54(50-80(65)89)53-21-18-24-56(49-53)87-74-40-15-8-33-67(74)81-77(87)47-48-78-82(81)68-34-9-16-41-75(68)88(78)58-26-19-25-57(51-58)86-70-36-11-4-29-61(70)62-30-5-12-37-71(62)86/h1-52H. The molecular weight excluding hydrogens is 1090 g/mol. The number of nitrogens with zero attached hydrogens (tertiary/aromatic N) is 6. The van der Waals surface area contributed by atoms with Crippen LogP contribution in [0.15, 0.2) is 315 Å². The molecule has 0 saturated carbocycles. The molecule has 14 aromatic carbocycles. The molecule has 0 unspecified atom stereocenters. The molecule has 20 aromatic rings. The minimum Gasteiger partial charge on any atom is -0.309 e. The van der Waals surface area contributed by atoms with Crippen molar-refractivity contribution in [3.63, 3.8) is 0 Å². The molecule has 20 rings (SSSR count). The Kier molecular flexibility index (Phi) is 10.2. The first kappa shape index (κ1) is 49.0. The lowest BCUT2D eigenvalue weighted by Crippen LogP contribution is -1.99. The van der Waals surface area contributed by atoms with Crippen LogP contribution in [-0.2, 0) is 0 Å². The van der Waals surface area contributed by atoms with Gasteiger partial charge in [-0.15, -0.1) is 0 Å². The van der Waals surface area contributed by atoms with Crippen LogP contribution in [0.5, 0.6) is 0 Å². The van der Waals surface area contributed by atoms with E-state index >= 15 is 0 Å². The van der Waals surface area contributed by atoms with Crippen LogP contribution in [-0.4, -0.2) is 27.4 Å². The topological polar surface area (TPSA) is 29.6 Å². The summed E-state index contributed by atoms with van der Waals surface area (Å²) in [6.45, 7) is 0. The molecule has 0 aliphatic heterocycles. The lowest BCUT2D eigenvalue weighted by atomic mass is 10.0. The normalized spacial score (nSPS) is 12.2. The Morgan fingerprint density at radius 2 is 0.444 bits per heavy atom. The molecule has 0 radical (unpaired) electrons. The number of aromatic nitrogens is 6. The van der Waals surface area contributed by atoms with Crippen molar-refractivity contribution in [2.75, 3.05) is 0 Å². The molecule has 0 fully saturated rings. The molecule has 6 heteroatoms. The van der Waals surface area contributed by atoms with E-state index in [1.165, 1.54) is 125 Å². The number of hydrogen-bond acceptors (Lipinski definition) is 0. The molecule has 6 heterocycles. The van der Waals surface area contributed by atoms with Gasteiger partial charge in [0.25, 0.3) is 0 Å². The number of benzene rings is 14. The summed E-state index contributed by atoms with van der Waals surface area (Å²) in [5.74, 6) is 0. The molecule has 6 aromatic heterocycles. The quantitative estimate of drug-likeness (QED) is 0.152. The third-order valence-electron chi connectivity index (χ3n) is 19.3. The maximum Gasteiger partial charge on any atom is 0.0641 e. The largest absolute Gasteiger partial charge is 0.309 e. The lowest BCUT2D eigenvalue weighted by Gasteiger charge is -2.14. The zero-order valence-electron chi connectivity index (χ0n) is 48.7. The first-order valence-corrected chi connectivity index (χ1v) is 31.0. The first-order chi connectivity index (χ1) is 44.7. The highest BCUT2D eigenvalue weighted by Gasteiger charge is 2.25. The van der Waals surface area contributed by atoms with Crippen molar-refractivity contribution in [3.05, 3.63) is 315 Å². The summed E-state index contributed by atoms with van der Waals surface area (Å²) >= 11 is 0. The van der Waals surface area contributed by atoms with Crippen molar-refractivity contribution in [3.8, 4) is 45.3 Å². The fourth-order valence-electron chi connectivity index (χ4n) is 15.7. The van der Waals surface area contributed by atoms with Crippen molar-refractivity contribution >= 4 is 131 Å². The second-order valence-corrected chi connectivity index (χ2v) is 24.0. The molecule has 0 spiro atoms. The Hall–Kier alpha value is -12.1. The highest BCUT2D eigenvalue weighted by molar-refractivity contribution is 6.29. The summed E-state index contributed by atoms with van der Waals surface area (Å²) in [5.41, 5.74) is 23.2. The summed E-state index contributed by atoms with van der Waals surface area (Å²) in [5, 5.41) is 14.8. The van der Waals surface area contributed by atoms with Gasteiger partial charge in [0.1, 0.15) is 0 Å². The Morgan fingerprint density at radius 3 is 0.956 bits per heavy atom. The Bertz CT molecular complexity index is 6360. The molecule has 0 aliphatic carbocycles. The smallest absolute Gasteiger partial charge is 0.0641 e. The van der Waals surface area contributed by atoms with Crippen molar-refractivity contribution in [1.82, 2.24) is 27.4 Å². The van der Waals surface area contributed by atoms with Gasteiger partial charge in [-0.1, -0.05) is 188 Å². The van der Waals surface area contributed by atoms with Gasteiger partial charge in [0, 0.05) is 98.8 Å². The number of para-hydroxylation sites is 8. The van der Waals surface area contributed by atoms with Crippen LogP contribution in [0.1, 0.15) is 0 Å². The number of hydrogen-bond donors (Lipinski definition) is 0. The van der Waals surface area contributed by atoms with Crippen LogP contribution in [0.4, 0.5) is 0 Å². The maximum absolute atomic E-state index is 2.51. The van der Waals surface area contributed by atoms with Crippen molar-refractivity contribution < 1.29 is 0 Å². The van der Waals surface area contributed by atoms with E-state index in [0.29, 0.717) is 0 Å². The van der Waals surface area contributed by atoms with Crippen LogP contribution in [0.25, 0.3) is 176 Å². The Morgan fingerprint density at radius 1 is 0.144 bits per heavy atom. The molecular formula is C84H52N6. The van der Waals surface area contributed by atoms with E-state index in [9.17, 15) is 0 Å². The second kappa shape index (κ2) is 18.7. The molecule has 418 valence electrons. The molecule has 0 amide bonds. The predicted molar refractivity (Wildman–Crippen MR) is 378 cm³/mol. The molecule has 90 heavy (non-hydrogen) atoms. The first-order valence-electron chi connectivity index (χ1n) is 31.0. The van der Waals surface area contributed by atoms with Gasteiger partial charge in [-0.25, -0.2) is 0 Å². The minimum absolute atomic E-state index is 1.10. The van der Waals surface area contributed by atoms with E-state index in [1.807, 2.05) is 0 Å². The minimum atomic E-state index is 1.10. The van der Waals surface area contributed by atoms with Crippen LogP contribution in [0, 0.1) is 0 Å². The van der Waals surface area contributed by atoms with Gasteiger partial charge in [-0.2, -0.15) is 0 Å². The van der Waals surface area contributed by atoms with Crippen LogP contribution in [0.2, 0.25) is 0 Å². The molecule has 0 aliphatic rings. The van der Waals surface area contributed by atoms with Gasteiger partial charge in [0.15, 0.2) is 0 Å². The molecule has 0 atom stereocenters. The van der Waals surface area contributed by atoms with Gasteiger partial charge in [-0.05, 0) is 139 Å². The van der Waals surface area contributed by atoms with E-state index < -0.39 is 0 Å². The van der Waals surface area contributed by atoms with Gasteiger partial charge >= 0.3 is 0 Å². The van der Waals surface area contributed by atoms with Crippen LogP contribution in [0.3, 0.4) is 0 Å². The number of fused-ring (bicyclic) bond motifs is 20. The molecule has 0 N–H and O–H groups in total. The summed E-state index contributed by atoms with van der Waals surface area (Å²) < 4.78 is 14.8. The van der Waals surface area contributed by atoms with Gasteiger partial charge in [0.05, 0.1) is 66.2 Å². The fourth-order valence-corrected chi connectivity index (χ4v) is 15.7. The Balaban J connectivity index is 0.742. The van der Waals surface area contributed by atoms with Gasteiger partial charge in [0.2, 0.25) is 0 Å². The van der Waals surface area contributed by atoms with E-state index in [4.69, 9.17) is 0 Å².